The van der Waals surface area contributed by atoms with Crippen molar-refractivity contribution in [2.75, 3.05) is 13.7 Å². The van der Waals surface area contributed by atoms with Gasteiger partial charge in [-0.3, -0.25) is 0 Å². The number of allylic oxidation sites excluding steroid dienone is 3. The summed E-state index contributed by atoms with van der Waals surface area (Å²) in [5.41, 5.74) is 4.88. The van der Waals surface area contributed by atoms with Gasteiger partial charge in [0.05, 0.1) is 19.0 Å². The predicted octanol–water partition coefficient (Wildman–Crippen LogP) is 4.91. The molecule has 0 radical (unpaired) electrons. The van der Waals surface area contributed by atoms with E-state index >= 15 is 0 Å². The average Bonchev–Trinajstić information content (AvgIpc) is 2.50. The molecule has 0 N–H and O–H groups in total. The quantitative estimate of drug-likeness (QED) is 0.519. The molecule has 0 aromatic heterocycles. The molecule has 0 spiro atoms. The molecule has 2 nitrogen and oxygen atoms in total. The first-order chi connectivity index (χ1) is 9.58. The fourth-order valence-corrected chi connectivity index (χ4v) is 1.78. The summed E-state index contributed by atoms with van der Waals surface area (Å²) in [5.74, 6) is 0. The zero-order valence-corrected chi connectivity index (χ0v) is 13.3. The van der Waals surface area contributed by atoms with Gasteiger partial charge in [0.1, 0.15) is 0 Å². The van der Waals surface area contributed by atoms with Crippen LogP contribution in [0, 0.1) is 0 Å². The normalized spacial score (nSPS) is 14.2. The van der Waals surface area contributed by atoms with Crippen LogP contribution in [0.1, 0.15) is 45.2 Å². The minimum absolute atomic E-state index is 0.240. The third-order valence-electron chi connectivity index (χ3n) is 3.51. The van der Waals surface area contributed by atoms with Gasteiger partial charge >= 0.3 is 0 Å². The Morgan fingerprint density at radius 1 is 1.20 bits per heavy atom. The highest BCUT2D eigenvalue weighted by atomic mass is 16.5. The largest absolute Gasteiger partial charge is 0.501 e. The average molecular weight is 274 g/mol. The van der Waals surface area contributed by atoms with Gasteiger partial charge in [-0.2, -0.15) is 0 Å². The van der Waals surface area contributed by atoms with Crippen molar-refractivity contribution in [1.82, 2.24) is 0 Å². The Morgan fingerprint density at radius 3 is 2.45 bits per heavy atom. The Balaban J connectivity index is 2.65. The SMILES string of the molecule is C/C=C(\C)c1cccc(/C(C)=C/OCCC(C)OC)c1. The molecule has 1 rings (SSSR count). The first-order valence-electron chi connectivity index (χ1n) is 7.13. The maximum Gasteiger partial charge on any atom is 0.0898 e. The fourth-order valence-electron chi connectivity index (χ4n) is 1.78. The second-order valence-electron chi connectivity index (χ2n) is 5.06. The molecule has 0 amide bonds. The van der Waals surface area contributed by atoms with Gasteiger partial charge in [0.2, 0.25) is 0 Å². The molecule has 0 aliphatic rings. The summed E-state index contributed by atoms with van der Waals surface area (Å²) >= 11 is 0. The van der Waals surface area contributed by atoms with E-state index in [1.54, 1.807) is 7.11 Å². The highest BCUT2D eigenvalue weighted by molar-refractivity contribution is 5.70. The van der Waals surface area contributed by atoms with Crippen LogP contribution in [-0.4, -0.2) is 19.8 Å². The summed E-state index contributed by atoms with van der Waals surface area (Å²) in [5, 5.41) is 0. The summed E-state index contributed by atoms with van der Waals surface area (Å²) < 4.78 is 10.8. The maximum absolute atomic E-state index is 5.59. The van der Waals surface area contributed by atoms with E-state index in [0.717, 1.165) is 12.0 Å². The van der Waals surface area contributed by atoms with Gasteiger partial charge in [-0.05, 0) is 56.0 Å². The molecule has 110 valence electrons. The van der Waals surface area contributed by atoms with Crippen molar-refractivity contribution < 1.29 is 9.47 Å². The molecule has 1 unspecified atom stereocenters. The van der Waals surface area contributed by atoms with E-state index in [1.807, 2.05) is 13.2 Å². The molecule has 1 aromatic carbocycles. The maximum atomic E-state index is 5.59. The number of rotatable bonds is 7. The molecular weight excluding hydrogens is 248 g/mol. The van der Waals surface area contributed by atoms with Gasteiger partial charge in [-0.25, -0.2) is 0 Å². The minimum atomic E-state index is 0.240. The third kappa shape index (κ3) is 5.22. The zero-order valence-electron chi connectivity index (χ0n) is 13.3. The van der Waals surface area contributed by atoms with Crippen molar-refractivity contribution in [2.24, 2.45) is 0 Å². The number of hydrogen-bond acceptors (Lipinski definition) is 2. The summed E-state index contributed by atoms with van der Waals surface area (Å²) in [6, 6.07) is 8.52. The molecule has 0 saturated carbocycles. The minimum Gasteiger partial charge on any atom is -0.501 e. The number of hydrogen-bond donors (Lipinski definition) is 0. The highest BCUT2D eigenvalue weighted by Gasteiger charge is 2.01. The Kier molecular flexibility index (Phi) is 7.10. The van der Waals surface area contributed by atoms with Crippen LogP contribution in [0.25, 0.3) is 11.1 Å². The van der Waals surface area contributed by atoms with Crippen molar-refractivity contribution in [2.45, 2.75) is 40.2 Å². The van der Waals surface area contributed by atoms with Crippen LogP contribution in [0.3, 0.4) is 0 Å². The first kappa shape index (κ1) is 16.5. The second-order valence-corrected chi connectivity index (χ2v) is 5.06. The lowest BCUT2D eigenvalue weighted by Gasteiger charge is -2.10. The molecule has 0 aliphatic heterocycles. The van der Waals surface area contributed by atoms with Crippen LogP contribution in [0.15, 0.2) is 36.6 Å². The summed E-state index contributed by atoms with van der Waals surface area (Å²) in [6.45, 7) is 8.98. The zero-order chi connectivity index (χ0) is 15.0. The lowest BCUT2D eigenvalue weighted by atomic mass is 10.0. The van der Waals surface area contributed by atoms with Crippen LogP contribution < -0.4 is 0 Å². The smallest absolute Gasteiger partial charge is 0.0898 e. The molecular formula is C18H26O2. The van der Waals surface area contributed by atoms with E-state index in [-0.39, 0.29) is 6.10 Å². The van der Waals surface area contributed by atoms with Gasteiger partial charge in [-0.1, -0.05) is 24.3 Å². The summed E-state index contributed by atoms with van der Waals surface area (Å²) in [7, 11) is 1.72. The lowest BCUT2D eigenvalue weighted by molar-refractivity contribution is 0.0877. The van der Waals surface area contributed by atoms with E-state index in [2.05, 4.69) is 51.1 Å². The molecule has 0 heterocycles. The van der Waals surface area contributed by atoms with E-state index in [4.69, 9.17) is 9.47 Å². The van der Waals surface area contributed by atoms with Crippen LogP contribution in [0.5, 0.6) is 0 Å². The van der Waals surface area contributed by atoms with Crippen molar-refractivity contribution in [3.05, 3.63) is 47.7 Å². The van der Waals surface area contributed by atoms with Crippen molar-refractivity contribution in [3.8, 4) is 0 Å². The third-order valence-corrected chi connectivity index (χ3v) is 3.51. The van der Waals surface area contributed by atoms with E-state index < -0.39 is 0 Å². The molecule has 1 atom stereocenters. The lowest BCUT2D eigenvalue weighted by Crippen LogP contribution is -2.07. The standard InChI is InChI=1S/C18H26O2/c1-6-14(2)17-8-7-9-18(12-17)15(3)13-20-11-10-16(4)19-5/h6-9,12-13,16H,10-11H2,1-5H3/b14-6+,15-13+. The molecule has 1 aromatic rings. The second kappa shape index (κ2) is 8.60. The van der Waals surface area contributed by atoms with Crippen LogP contribution in [0.2, 0.25) is 0 Å². The number of benzene rings is 1. The first-order valence-corrected chi connectivity index (χ1v) is 7.13. The molecule has 0 aliphatic carbocycles. The van der Waals surface area contributed by atoms with Crippen molar-refractivity contribution >= 4 is 11.1 Å². The van der Waals surface area contributed by atoms with Crippen molar-refractivity contribution in [1.29, 1.82) is 0 Å². The fraction of sp³-hybridized carbons (Fsp3) is 0.444. The van der Waals surface area contributed by atoms with Crippen LogP contribution in [-0.2, 0) is 9.47 Å². The molecule has 0 fully saturated rings. The number of methoxy groups -OCH3 is 1. The Bertz CT molecular complexity index is 472. The number of ether oxygens (including phenoxy) is 2. The van der Waals surface area contributed by atoms with E-state index in [1.165, 1.54) is 16.7 Å². The summed E-state index contributed by atoms with van der Waals surface area (Å²) in [6.07, 6.45) is 5.11. The molecule has 2 heteroatoms. The van der Waals surface area contributed by atoms with E-state index in [9.17, 15) is 0 Å². The Labute approximate surface area is 123 Å². The highest BCUT2D eigenvalue weighted by Crippen LogP contribution is 2.20. The molecule has 0 saturated heterocycles. The van der Waals surface area contributed by atoms with Gasteiger partial charge in [0, 0.05) is 13.5 Å². The molecule has 20 heavy (non-hydrogen) atoms. The Morgan fingerprint density at radius 2 is 1.85 bits per heavy atom. The van der Waals surface area contributed by atoms with Crippen molar-refractivity contribution in [3.63, 3.8) is 0 Å². The Hall–Kier alpha value is -1.54. The van der Waals surface area contributed by atoms with Gasteiger partial charge in [0.25, 0.3) is 0 Å². The summed E-state index contributed by atoms with van der Waals surface area (Å²) in [4.78, 5) is 0. The van der Waals surface area contributed by atoms with Gasteiger partial charge in [0.15, 0.2) is 0 Å². The van der Waals surface area contributed by atoms with Crippen LogP contribution in [0.4, 0.5) is 0 Å². The monoisotopic (exact) mass is 274 g/mol. The van der Waals surface area contributed by atoms with E-state index in [0.29, 0.717) is 6.61 Å². The van der Waals surface area contributed by atoms with Gasteiger partial charge in [-0.15, -0.1) is 0 Å². The topological polar surface area (TPSA) is 18.5 Å². The van der Waals surface area contributed by atoms with Crippen LogP contribution >= 0.6 is 0 Å². The van der Waals surface area contributed by atoms with Gasteiger partial charge < -0.3 is 9.47 Å². The molecule has 0 bridgehead atoms. The predicted molar refractivity (Wildman–Crippen MR) is 86.5 cm³/mol.